The van der Waals surface area contributed by atoms with Gasteiger partial charge in [-0.2, -0.15) is 0 Å². The van der Waals surface area contributed by atoms with Crippen LogP contribution in [0.1, 0.15) is 43.5 Å². The van der Waals surface area contributed by atoms with Crippen LogP contribution in [-0.4, -0.2) is 17.8 Å². The van der Waals surface area contributed by atoms with Crippen molar-refractivity contribution in [3.63, 3.8) is 0 Å². The maximum atomic E-state index is 12.1. The van der Waals surface area contributed by atoms with E-state index >= 15 is 0 Å². The van der Waals surface area contributed by atoms with Gasteiger partial charge in [-0.05, 0) is 31.0 Å². The SMILES string of the molecule is CCCCC1Oc2ccc(NC(C)=O)cc2C1=O. The van der Waals surface area contributed by atoms with Crippen LogP contribution in [0.2, 0.25) is 0 Å². The van der Waals surface area contributed by atoms with Gasteiger partial charge < -0.3 is 10.1 Å². The summed E-state index contributed by atoms with van der Waals surface area (Å²) in [6.07, 6.45) is 2.41. The molecule has 1 aromatic rings. The number of benzene rings is 1. The second kappa shape index (κ2) is 5.21. The van der Waals surface area contributed by atoms with Crippen LogP contribution in [0.5, 0.6) is 5.75 Å². The fourth-order valence-corrected chi connectivity index (χ4v) is 2.07. The molecule has 0 aromatic heterocycles. The third-order valence-corrected chi connectivity index (χ3v) is 2.95. The van der Waals surface area contributed by atoms with Crippen molar-refractivity contribution >= 4 is 17.4 Å². The number of fused-ring (bicyclic) bond motifs is 1. The van der Waals surface area contributed by atoms with Crippen molar-refractivity contribution in [1.29, 1.82) is 0 Å². The number of amides is 1. The van der Waals surface area contributed by atoms with Crippen molar-refractivity contribution in [1.82, 2.24) is 0 Å². The first kappa shape index (κ1) is 12.6. The molecule has 0 radical (unpaired) electrons. The van der Waals surface area contributed by atoms with E-state index in [1.807, 2.05) is 0 Å². The Morgan fingerprint density at radius 2 is 2.22 bits per heavy atom. The number of carbonyl (C=O) groups is 2. The highest BCUT2D eigenvalue weighted by atomic mass is 16.5. The Morgan fingerprint density at radius 3 is 2.89 bits per heavy atom. The number of carbonyl (C=O) groups excluding carboxylic acids is 2. The molecule has 0 saturated carbocycles. The smallest absolute Gasteiger partial charge is 0.221 e. The van der Waals surface area contributed by atoms with E-state index in [9.17, 15) is 9.59 Å². The quantitative estimate of drug-likeness (QED) is 0.890. The second-order valence-electron chi connectivity index (χ2n) is 4.51. The molecular weight excluding hydrogens is 230 g/mol. The predicted octanol–water partition coefficient (Wildman–Crippen LogP) is 2.78. The molecule has 2 rings (SSSR count). The average Bonchev–Trinajstić information content (AvgIpc) is 2.63. The zero-order valence-electron chi connectivity index (χ0n) is 10.7. The Morgan fingerprint density at radius 1 is 1.44 bits per heavy atom. The number of Topliss-reactive ketones (excluding diaryl/α,β-unsaturated/α-hetero) is 1. The molecule has 1 aliphatic heterocycles. The van der Waals surface area contributed by atoms with Gasteiger partial charge in [0.05, 0.1) is 5.56 Å². The minimum Gasteiger partial charge on any atom is -0.482 e. The number of nitrogens with one attached hydrogen (secondary N) is 1. The minimum atomic E-state index is -0.354. The Bertz CT molecular complexity index is 482. The zero-order valence-corrected chi connectivity index (χ0v) is 10.7. The summed E-state index contributed by atoms with van der Waals surface area (Å²) in [5.41, 5.74) is 1.21. The van der Waals surface area contributed by atoms with Gasteiger partial charge in [0, 0.05) is 12.6 Å². The van der Waals surface area contributed by atoms with Gasteiger partial charge in [-0.3, -0.25) is 9.59 Å². The van der Waals surface area contributed by atoms with Gasteiger partial charge in [-0.25, -0.2) is 0 Å². The van der Waals surface area contributed by atoms with Crippen LogP contribution in [0.15, 0.2) is 18.2 Å². The number of anilines is 1. The standard InChI is InChI=1S/C14H17NO3/c1-3-4-5-13-14(17)11-8-10(15-9(2)16)6-7-12(11)18-13/h6-8,13H,3-5H2,1-2H3,(H,15,16). The monoisotopic (exact) mass is 247 g/mol. The van der Waals surface area contributed by atoms with E-state index in [2.05, 4.69) is 12.2 Å². The van der Waals surface area contributed by atoms with Gasteiger partial charge in [0.25, 0.3) is 0 Å². The minimum absolute atomic E-state index is 0.0191. The van der Waals surface area contributed by atoms with Crippen molar-refractivity contribution in [3.8, 4) is 5.75 Å². The Kier molecular flexibility index (Phi) is 3.65. The van der Waals surface area contributed by atoms with E-state index in [1.165, 1.54) is 6.92 Å². The first-order valence-electron chi connectivity index (χ1n) is 6.24. The molecule has 0 saturated heterocycles. The van der Waals surface area contributed by atoms with Crippen LogP contribution in [0.4, 0.5) is 5.69 Å². The van der Waals surface area contributed by atoms with Crippen molar-refractivity contribution in [2.24, 2.45) is 0 Å². The molecule has 18 heavy (non-hydrogen) atoms. The molecule has 4 heteroatoms. The lowest BCUT2D eigenvalue weighted by atomic mass is 10.0. The molecule has 0 fully saturated rings. The highest BCUT2D eigenvalue weighted by molar-refractivity contribution is 6.05. The maximum absolute atomic E-state index is 12.1. The van der Waals surface area contributed by atoms with E-state index in [1.54, 1.807) is 18.2 Å². The summed E-state index contributed by atoms with van der Waals surface area (Å²) in [5, 5.41) is 2.67. The summed E-state index contributed by atoms with van der Waals surface area (Å²) in [4.78, 5) is 23.1. The van der Waals surface area contributed by atoms with Crippen molar-refractivity contribution in [2.45, 2.75) is 39.2 Å². The molecule has 0 spiro atoms. The highest BCUT2D eigenvalue weighted by Crippen LogP contribution is 2.32. The van der Waals surface area contributed by atoms with Gasteiger partial charge >= 0.3 is 0 Å². The predicted molar refractivity (Wildman–Crippen MR) is 69.0 cm³/mol. The van der Waals surface area contributed by atoms with Crippen molar-refractivity contribution in [2.75, 3.05) is 5.32 Å². The van der Waals surface area contributed by atoms with E-state index in [4.69, 9.17) is 4.74 Å². The lowest BCUT2D eigenvalue weighted by Gasteiger charge is -2.07. The highest BCUT2D eigenvalue weighted by Gasteiger charge is 2.31. The molecular formula is C14H17NO3. The number of hydrogen-bond acceptors (Lipinski definition) is 3. The van der Waals surface area contributed by atoms with Crippen molar-refractivity contribution in [3.05, 3.63) is 23.8 Å². The summed E-state index contributed by atoms with van der Waals surface area (Å²) >= 11 is 0. The Labute approximate surface area is 106 Å². The van der Waals surface area contributed by atoms with E-state index in [0.29, 0.717) is 17.0 Å². The number of ether oxygens (including phenoxy) is 1. The van der Waals surface area contributed by atoms with Crippen LogP contribution in [-0.2, 0) is 4.79 Å². The number of hydrogen-bond donors (Lipinski definition) is 1. The second-order valence-corrected chi connectivity index (χ2v) is 4.51. The van der Waals surface area contributed by atoms with Crippen LogP contribution in [0.3, 0.4) is 0 Å². The van der Waals surface area contributed by atoms with Gasteiger partial charge in [-0.15, -0.1) is 0 Å². The van der Waals surface area contributed by atoms with Gasteiger partial charge in [0.2, 0.25) is 11.7 Å². The lowest BCUT2D eigenvalue weighted by molar-refractivity contribution is -0.114. The number of ketones is 1. The summed E-state index contributed by atoms with van der Waals surface area (Å²) in [7, 11) is 0. The van der Waals surface area contributed by atoms with Gasteiger partial charge in [0.1, 0.15) is 5.75 Å². The first-order valence-corrected chi connectivity index (χ1v) is 6.24. The molecule has 1 heterocycles. The first-order chi connectivity index (χ1) is 8.61. The Balaban J connectivity index is 2.16. The summed E-state index contributed by atoms with van der Waals surface area (Å²) in [5.74, 6) is 0.490. The largest absolute Gasteiger partial charge is 0.482 e. The summed E-state index contributed by atoms with van der Waals surface area (Å²) in [6.45, 7) is 3.52. The Hall–Kier alpha value is -1.84. The van der Waals surface area contributed by atoms with E-state index in [-0.39, 0.29) is 17.8 Å². The molecule has 1 aliphatic rings. The normalized spacial score (nSPS) is 17.2. The lowest BCUT2D eigenvalue weighted by Crippen LogP contribution is -2.19. The molecule has 96 valence electrons. The average molecular weight is 247 g/mol. The van der Waals surface area contributed by atoms with E-state index in [0.717, 1.165) is 19.3 Å². The summed E-state index contributed by atoms with van der Waals surface area (Å²) in [6, 6.07) is 5.17. The van der Waals surface area contributed by atoms with Crippen molar-refractivity contribution < 1.29 is 14.3 Å². The molecule has 1 N–H and O–H groups in total. The number of unbranched alkanes of at least 4 members (excludes halogenated alkanes) is 1. The molecule has 1 aromatic carbocycles. The van der Waals surface area contributed by atoms with Crippen LogP contribution < -0.4 is 10.1 Å². The molecule has 1 unspecified atom stereocenters. The summed E-state index contributed by atoms with van der Waals surface area (Å²) < 4.78 is 5.62. The molecule has 4 nitrogen and oxygen atoms in total. The molecule has 1 amide bonds. The van der Waals surface area contributed by atoms with E-state index < -0.39 is 0 Å². The van der Waals surface area contributed by atoms with Gasteiger partial charge in [-0.1, -0.05) is 13.3 Å². The molecule has 1 atom stereocenters. The maximum Gasteiger partial charge on any atom is 0.221 e. The number of rotatable bonds is 4. The molecule has 0 aliphatic carbocycles. The van der Waals surface area contributed by atoms with Crippen LogP contribution in [0.25, 0.3) is 0 Å². The third kappa shape index (κ3) is 2.53. The third-order valence-electron chi connectivity index (χ3n) is 2.95. The topological polar surface area (TPSA) is 55.4 Å². The molecule has 0 bridgehead atoms. The van der Waals surface area contributed by atoms with Crippen LogP contribution in [0, 0.1) is 0 Å². The fraction of sp³-hybridized carbons (Fsp3) is 0.429. The van der Waals surface area contributed by atoms with Crippen LogP contribution >= 0.6 is 0 Å². The van der Waals surface area contributed by atoms with Gasteiger partial charge in [0.15, 0.2) is 6.10 Å². The zero-order chi connectivity index (χ0) is 13.1. The fourth-order valence-electron chi connectivity index (χ4n) is 2.07.